The lowest BCUT2D eigenvalue weighted by Gasteiger charge is -2.09. The van der Waals surface area contributed by atoms with E-state index in [1.807, 2.05) is 0 Å². The molecule has 1 heterocycles. The van der Waals surface area contributed by atoms with E-state index in [0.717, 1.165) is 6.07 Å². The topological polar surface area (TPSA) is 46.5 Å². The first-order chi connectivity index (χ1) is 9.47. The van der Waals surface area contributed by atoms with E-state index in [4.69, 9.17) is 4.74 Å². The molecule has 0 atom stereocenters. The summed E-state index contributed by atoms with van der Waals surface area (Å²) in [6.45, 7) is 1.43. The molecule has 102 valence electrons. The minimum Gasteiger partial charge on any atom is -0.505 e. The van der Waals surface area contributed by atoms with Gasteiger partial charge in [0, 0.05) is 5.56 Å². The molecular weight excluding hydrogens is 266 g/mol. The van der Waals surface area contributed by atoms with Crippen molar-refractivity contribution in [1.29, 1.82) is 0 Å². The fourth-order valence-corrected chi connectivity index (χ4v) is 2.27. The lowest BCUT2D eigenvalue weighted by molar-refractivity contribution is 0.0478. The maximum Gasteiger partial charge on any atom is 0.339 e. The van der Waals surface area contributed by atoms with Crippen molar-refractivity contribution < 1.29 is 23.4 Å². The summed E-state index contributed by atoms with van der Waals surface area (Å²) in [5, 5.41) is 9.39. The van der Waals surface area contributed by atoms with Gasteiger partial charge in [0.2, 0.25) is 0 Å². The van der Waals surface area contributed by atoms with Crippen molar-refractivity contribution in [2.24, 2.45) is 0 Å². The van der Waals surface area contributed by atoms with Gasteiger partial charge >= 0.3 is 5.97 Å². The minimum absolute atomic E-state index is 0.0998. The summed E-state index contributed by atoms with van der Waals surface area (Å²) in [5.41, 5.74) is 1.54. The van der Waals surface area contributed by atoms with Crippen LogP contribution in [0.25, 0.3) is 11.1 Å². The highest BCUT2D eigenvalue weighted by Gasteiger charge is 2.24. The number of cyclic esters (lactones) is 1. The average molecular weight is 276 g/mol. The van der Waals surface area contributed by atoms with Crippen molar-refractivity contribution in [1.82, 2.24) is 0 Å². The molecule has 1 N–H and O–H groups in total. The lowest BCUT2D eigenvalue weighted by atomic mass is 9.94. The molecule has 1 aliphatic rings. The molecule has 0 amide bonds. The van der Waals surface area contributed by atoms with Gasteiger partial charge in [-0.2, -0.15) is 0 Å². The quantitative estimate of drug-likeness (QED) is 0.751. The standard InChI is InChI=1S/C15H10F2O3/c1-7-2-11-10(5-12(7)16)9-4-13(17)14(18)3-8(9)6-20-15(11)19/h2-5,18H,6H2,1H3. The third-order valence-electron chi connectivity index (χ3n) is 3.34. The summed E-state index contributed by atoms with van der Waals surface area (Å²) < 4.78 is 32.3. The van der Waals surface area contributed by atoms with E-state index >= 15 is 0 Å². The Balaban J connectivity index is 2.35. The highest BCUT2D eigenvalue weighted by atomic mass is 19.1. The van der Waals surface area contributed by atoms with Crippen LogP contribution >= 0.6 is 0 Å². The third-order valence-corrected chi connectivity index (χ3v) is 3.34. The van der Waals surface area contributed by atoms with E-state index in [9.17, 15) is 18.7 Å². The van der Waals surface area contributed by atoms with Gasteiger partial charge in [0.05, 0.1) is 5.56 Å². The Labute approximate surface area is 113 Å². The molecule has 0 saturated heterocycles. The van der Waals surface area contributed by atoms with Crippen LogP contribution in [0.4, 0.5) is 8.78 Å². The normalized spacial score (nSPS) is 13.2. The molecule has 1 aliphatic heterocycles. The number of halogens is 2. The highest BCUT2D eigenvalue weighted by molar-refractivity contribution is 5.99. The number of hydrogen-bond acceptors (Lipinski definition) is 3. The Kier molecular flexibility index (Phi) is 2.71. The molecule has 0 spiro atoms. The molecule has 2 aromatic carbocycles. The first-order valence-electron chi connectivity index (χ1n) is 5.96. The molecule has 20 heavy (non-hydrogen) atoms. The zero-order valence-corrected chi connectivity index (χ0v) is 10.5. The minimum atomic E-state index is -0.829. The summed E-state index contributed by atoms with van der Waals surface area (Å²) in [6.07, 6.45) is 0. The molecule has 0 aliphatic carbocycles. The van der Waals surface area contributed by atoms with Gasteiger partial charge in [-0.1, -0.05) is 0 Å². The fourth-order valence-electron chi connectivity index (χ4n) is 2.27. The van der Waals surface area contributed by atoms with Gasteiger partial charge in [-0.25, -0.2) is 13.6 Å². The maximum absolute atomic E-state index is 13.7. The summed E-state index contributed by atoms with van der Waals surface area (Å²) in [4.78, 5) is 11.9. The summed E-state index contributed by atoms with van der Waals surface area (Å²) >= 11 is 0. The van der Waals surface area contributed by atoms with Crippen LogP contribution in [0.3, 0.4) is 0 Å². The summed E-state index contributed by atoms with van der Waals surface area (Å²) in [7, 11) is 0. The first-order valence-corrected chi connectivity index (χ1v) is 5.96. The van der Waals surface area contributed by atoms with Crippen LogP contribution in [-0.4, -0.2) is 11.1 Å². The molecule has 3 nitrogen and oxygen atoms in total. The van der Waals surface area contributed by atoms with Gasteiger partial charge in [0.15, 0.2) is 11.6 Å². The van der Waals surface area contributed by atoms with Crippen LogP contribution in [-0.2, 0) is 11.3 Å². The SMILES string of the molecule is Cc1cc2c(cc1F)-c1cc(F)c(O)cc1COC2=O. The van der Waals surface area contributed by atoms with Crippen molar-refractivity contribution in [3.05, 3.63) is 52.6 Å². The van der Waals surface area contributed by atoms with E-state index in [2.05, 4.69) is 0 Å². The number of fused-ring (bicyclic) bond motifs is 3. The Morgan fingerprint density at radius 1 is 1.05 bits per heavy atom. The van der Waals surface area contributed by atoms with Crippen LogP contribution in [0.5, 0.6) is 5.75 Å². The fraction of sp³-hybridized carbons (Fsp3) is 0.133. The second kappa shape index (κ2) is 4.30. The number of aryl methyl sites for hydroxylation is 1. The Morgan fingerprint density at radius 3 is 2.50 bits per heavy atom. The Hall–Kier alpha value is -2.43. The van der Waals surface area contributed by atoms with Crippen LogP contribution < -0.4 is 0 Å². The zero-order valence-electron chi connectivity index (χ0n) is 10.5. The molecule has 5 heteroatoms. The largest absolute Gasteiger partial charge is 0.505 e. The number of ether oxygens (including phenoxy) is 1. The van der Waals surface area contributed by atoms with E-state index in [0.29, 0.717) is 16.7 Å². The number of esters is 1. The molecule has 0 unspecified atom stereocenters. The van der Waals surface area contributed by atoms with Gasteiger partial charge in [0.1, 0.15) is 12.4 Å². The molecule has 2 aromatic rings. The van der Waals surface area contributed by atoms with Gasteiger partial charge in [-0.05, 0) is 47.9 Å². The van der Waals surface area contributed by atoms with Crippen LogP contribution in [0.1, 0.15) is 21.5 Å². The first kappa shape index (κ1) is 12.6. The predicted octanol–water partition coefficient (Wildman–Crippen LogP) is 3.32. The number of carbonyl (C=O) groups excluding carboxylic acids is 1. The number of benzene rings is 2. The highest BCUT2D eigenvalue weighted by Crippen LogP contribution is 2.36. The van der Waals surface area contributed by atoms with E-state index in [-0.39, 0.29) is 17.7 Å². The lowest BCUT2D eigenvalue weighted by Crippen LogP contribution is -2.04. The van der Waals surface area contributed by atoms with Gasteiger partial charge in [-0.3, -0.25) is 0 Å². The van der Waals surface area contributed by atoms with Gasteiger partial charge in [0.25, 0.3) is 0 Å². The molecule has 3 rings (SSSR count). The average Bonchev–Trinajstić information content (AvgIpc) is 2.52. The van der Waals surface area contributed by atoms with Gasteiger partial charge < -0.3 is 9.84 Å². The molecule has 0 bridgehead atoms. The third kappa shape index (κ3) is 1.82. The summed E-state index contributed by atoms with van der Waals surface area (Å²) in [5.74, 6) is -2.45. The monoisotopic (exact) mass is 276 g/mol. The second-order valence-electron chi connectivity index (χ2n) is 4.68. The van der Waals surface area contributed by atoms with E-state index < -0.39 is 23.4 Å². The number of phenols is 1. The molecule has 0 aromatic heterocycles. The number of aromatic hydroxyl groups is 1. The Morgan fingerprint density at radius 2 is 1.75 bits per heavy atom. The number of hydrogen-bond donors (Lipinski definition) is 1. The van der Waals surface area contributed by atoms with Crippen molar-refractivity contribution in [2.45, 2.75) is 13.5 Å². The van der Waals surface area contributed by atoms with Crippen LogP contribution in [0.15, 0.2) is 24.3 Å². The maximum atomic E-state index is 13.7. The van der Waals surface area contributed by atoms with Crippen LogP contribution in [0, 0.1) is 18.6 Å². The van der Waals surface area contributed by atoms with Crippen molar-refractivity contribution in [3.63, 3.8) is 0 Å². The number of phenolic OH excluding ortho intramolecular Hbond substituents is 1. The van der Waals surface area contributed by atoms with E-state index in [1.54, 1.807) is 0 Å². The van der Waals surface area contributed by atoms with E-state index in [1.165, 1.54) is 25.1 Å². The van der Waals surface area contributed by atoms with Crippen molar-refractivity contribution >= 4 is 5.97 Å². The molecular formula is C15H10F2O3. The second-order valence-corrected chi connectivity index (χ2v) is 4.68. The number of rotatable bonds is 0. The molecule has 0 radical (unpaired) electrons. The van der Waals surface area contributed by atoms with Crippen LogP contribution in [0.2, 0.25) is 0 Å². The molecule has 0 fully saturated rings. The van der Waals surface area contributed by atoms with Crippen molar-refractivity contribution in [2.75, 3.05) is 0 Å². The smallest absolute Gasteiger partial charge is 0.339 e. The Bertz CT molecular complexity index is 738. The summed E-state index contributed by atoms with van der Waals surface area (Å²) in [6, 6.07) is 4.84. The van der Waals surface area contributed by atoms with Gasteiger partial charge in [-0.15, -0.1) is 0 Å². The predicted molar refractivity (Wildman–Crippen MR) is 67.3 cm³/mol. The van der Waals surface area contributed by atoms with Crippen molar-refractivity contribution in [3.8, 4) is 16.9 Å². The molecule has 0 saturated carbocycles. The zero-order chi connectivity index (χ0) is 14.4. The number of carbonyl (C=O) groups is 1.